The van der Waals surface area contributed by atoms with Crippen LogP contribution in [0.5, 0.6) is 5.75 Å². The van der Waals surface area contributed by atoms with Crippen LogP contribution < -0.4 is 20.9 Å². The van der Waals surface area contributed by atoms with Gasteiger partial charge in [0.2, 0.25) is 5.95 Å². The summed E-state index contributed by atoms with van der Waals surface area (Å²) in [5.74, 6) is 0.123. The van der Waals surface area contributed by atoms with Crippen LogP contribution in [-0.4, -0.2) is 57.8 Å². The van der Waals surface area contributed by atoms with E-state index < -0.39 is 25.5 Å². The number of anilines is 4. The van der Waals surface area contributed by atoms with Gasteiger partial charge in [-0.1, -0.05) is 24.3 Å². The molecule has 3 N–H and O–H groups in total. The summed E-state index contributed by atoms with van der Waals surface area (Å²) in [4.78, 5) is 9.22. The van der Waals surface area contributed by atoms with Gasteiger partial charge in [-0.2, -0.15) is 20.2 Å². The molecule has 0 atom stereocenters. The maximum atomic E-state index is 14.3. The Kier molecular flexibility index (Phi) is 9.59. The summed E-state index contributed by atoms with van der Waals surface area (Å²) in [5, 5.41) is 11.7. The fraction of sp³-hybridized carbons (Fsp3) is 0.172. The van der Waals surface area contributed by atoms with Crippen molar-refractivity contribution in [2.45, 2.75) is 23.6 Å². The van der Waals surface area contributed by atoms with Crippen molar-refractivity contribution in [2.24, 2.45) is 10.2 Å². The van der Waals surface area contributed by atoms with Gasteiger partial charge in [0.15, 0.2) is 42.9 Å². The fourth-order valence-electron chi connectivity index (χ4n) is 3.79. The van der Waals surface area contributed by atoms with Crippen LogP contribution in [0, 0.1) is 5.82 Å². The second-order valence-electron chi connectivity index (χ2n) is 9.65. The van der Waals surface area contributed by atoms with E-state index in [1.165, 1.54) is 43.5 Å². The van der Waals surface area contributed by atoms with Crippen LogP contribution in [0.1, 0.15) is 25.0 Å². The van der Waals surface area contributed by atoms with Gasteiger partial charge >= 0.3 is 0 Å². The number of halogens is 1. The SMILES string of the molecule is COc1ccc(Nc2nc(NN=C(C)c3ccc(S(C)(=O)=O)cc3)cc(NN=C(C)c3ccc(S(C)(=O)=O)cc3)n2)cc1F. The molecule has 230 valence electrons. The minimum absolute atomic E-state index is 0.0815. The summed E-state index contributed by atoms with van der Waals surface area (Å²) in [6.45, 7) is 3.48. The number of ether oxygens (including phenoxy) is 1. The Hall–Kier alpha value is -4.89. The number of nitrogens with zero attached hydrogens (tertiary/aromatic N) is 4. The molecule has 0 saturated carbocycles. The van der Waals surface area contributed by atoms with E-state index in [2.05, 4.69) is 36.3 Å². The van der Waals surface area contributed by atoms with Crippen molar-refractivity contribution in [2.75, 3.05) is 35.8 Å². The average molecular weight is 640 g/mol. The van der Waals surface area contributed by atoms with Crippen LogP contribution in [0.3, 0.4) is 0 Å². The summed E-state index contributed by atoms with van der Waals surface area (Å²) in [5.41, 5.74) is 8.57. The quantitative estimate of drug-likeness (QED) is 0.153. The highest BCUT2D eigenvalue weighted by molar-refractivity contribution is 7.91. The first kappa shape index (κ1) is 32.0. The van der Waals surface area contributed by atoms with Crippen molar-refractivity contribution >= 4 is 54.4 Å². The smallest absolute Gasteiger partial charge is 0.231 e. The Bertz CT molecular complexity index is 1840. The van der Waals surface area contributed by atoms with Crippen molar-refractivity contribution < 1.29 is 26.0 Å². The Morgan fingerprint density at radius 1 is 0.727 bits per heavy atom. The molecule has 12 nitrogen and oxygen atoms in total. The molecule has 4 rings (SSSR count). The summed E-state index contributed by atoms with van der Waals surface area (Å²) < 4.78 is 66.3. The number of nitrogens with one attached hydrogen (secondary N) is 3. The topological polar surface area (TPSA) is 164 Å². The summed E-state index contributed by atoms with van der Waals surface area (Å²) in [6, 6.07) is 18.4. The molecule has 0 bridgehead atoms. The molecule has 0 spiro atoms. The highest BCUT2D eigenvalue weighted by Gasteiger charge is 2.11. The largest absolute Gasteiger partial charge is 0.494 e. The summed E-state index contributed by atoms with van der Waals surface area (Å²) >= 11 is 0. The number of hydrogen-bond donors (Lipinski definition) is 3. The Morgan fingerprint density at radius 3 is 1.57 bits per heavy atom. The first-order valence-electron chi connectivity index (χ1n) is 12.9. The van der Waals surface area contributed by atoms with Gasteiger partial charge in [-0.3, -0.25) is 10.9 Å². The Balaban J connectivity index is 1.61. The maximum Gasteiger partial charge on any atom is 0.231 e. The second-order valence-corrected chi connectivity index (χ2v) is 13.7. The third kappa shape index (κ3) is 8.35. The van der Waals surface area contributed by atoms with E-state index in [0.717, 1.165) is 12.5 Å². The molecule has 0 fully saturated rings. The van der Waals surface area contributed by atoms with Gasteiger partial charge in [0, 0.05) is 30.3 Å². The van der Waals surface area contributed by atoms with Crippen LogP contribution in [0.4, 0.5) is 27.7 Å². The molecule has 1 heterocycles. The lowest BCUT2D eigenvalue weighted by molar-refractivity contribution is 0.386. The minimum Gasteiger partial charge on any atom is -0.494 e. The Morgan fingerprint density at radius 2 is 1.18 bits per heavy atom. The average Bonchev–Trinajstić information content (AvgIpc) is 2.98. The third-order valence-corrected chi connectivity index (χ3v) is 8.47. The van der Waals surface area contributed by atoms with E-state index in [1.807, 2.05) is 0 Å². The van der Waals surface area contributed by atoms with Gasteiger partial charge in [-0.05, 0) is 61.4 Å². The Labute approximate surface area is 255 Å². The van der Waals surface area contributed by atoms with E-state index >= 15 is 0 Å². The number of methoxy groups -OCH3 is 1. The molecule has 0 aliphatic carbocycles. The first-order valence-corrected chi connectivity index (χ1v) is 16.7. The van der Waals surface area contributed by atoms with Crippen LogP contribution in [0.2, 0.25) is 0 Å². The van der Waals surface area contributed by atoms with Crippen molar-refractivity contribution in [1.29, 1.82) is 0 Å². The lowest BCUT2D eigenvalue weighted by atomic mass is 10.1. The molecule has 0 saturated heterocycles. The van der Waals surface area contributed by atoms with Crippen molar-refractivity contribution in [3.63, 3.8) is 0 Å². The lowest BCUT2D eigenvalue weighted by Gasteiger charge is -2.11. The van der Waals surface area contributed by atoms with Crippen LogP contribution in [0.25, 0.3) is 0 Å². The van der Waals surface area contributed by atoms with Gasteiger partial charge in [0.05, 0.1) is 28.3 Å². The van der Waals surface area contributed by atoms with E-state index in [-0.39, 0.29) is 33.1 Å². The standard InChI is InChI=1S/C29H30FN7O5S2/c1-18(20-6-11-23(12-7-20)43(4,38)39)34-36-27-17-28(33-29(32-27)31-22-10-15-26(42-3)25(30)16-22)37-35-19(2)21-8-13-24(14-9-21)44(5,40)41/h6-17H,1-5H3,(H3,31,32,33,36,37). The van der Waals surface area contributed by atoms with Gasteiger partial charge in [-0.25, -0.2) is 21.2 Å². The maximum absolute atomic E-state index is 14.3. The molecule has 3 aromatic carbocycles. The normalized spacial score (nSPS) is 12.5. The summed E-state index contributed by atoms with van der Waals surface area (Å²) in [7, 11) is -5.30. The van der Waals surface area contributed by atoms with Crippen LogP contribution in [0.15, 0.2) is 92.8 Å². The minimum atomic E-state index is -3.33. The van der Waals surface area contributed by atoms with Gasteiger partial charge < -0.3 is 10.1 Å². The first-order chi connectivity index (χ1) is 20.7. The van der Waals surface area contributed by atoms with E-state index in [0.29, 0.717) is 28.2 Å². The molecular weight excluding hydrogens is 609 g/mol. The van der Waals surface area contributed by atoms with Gasteiger partial charge in [0.25, 0.3) is 0 Å². The molecule has 0 aliphatic rings. The number of hydrazone groups is 2. The number of rotatable bonds is 11. The van der Waals surface area contributed by atoms with E-state index in [4.69, 9.17) is 4.74 Å². The highest BCUT2D eigenvalue weighted by atomic mass is 32.2. The van der Waals surface area contributed by atoms with Crippen molar-refractivity contribution in [3.05, 3.63) is 89.7 Å². The zero-order valence-corrected chi connectivity index (χ0v) is 26.1. The predicted octanol–water partition coefficient (Wildman–Crippen LogP) is 4.85. The number of sulfone groups is 2. The molecule has 0 amide bonds. The van der Waals surface area contributed by atoms with Crippen molar-refractivity contribution in [1.82, 2.24) is 9.97 Å². The molecule has 1 aromatic heterocycles. The fourth-order valence-corrected chi connectivity index (χ4v) is 5.05. The predicted molar refractivity (Wildman–Crippen MR) is 169 cm³/mol. The number of benzene rings is 3. The van der Waals surface area contributed by atoms with E-state index in [9.17, 15) is 21.2 Å². The second kappa shape index (κ2) is 13.2. The molecule has 0 radical (unpaired) electrons. The molecule has 15 heteroatoms. The monoisotopic (exact) mass is 639 g/mol. The third-order valence-electron chi connectivity index (χ3n) is 6.21. The molecule has 0 unspecified atom stereocenters. The van der Waals surface area contributed by atoms with Crippen molar-refractivity contribution in [3.8, 4) is 5.75 Å². The van der Waals surface area contributed by atoms with Crippen LogP contribution >= 0.6 is 0 Å². The highest BCUT2D eigenvalue weighted by Crippen LogP contribution is 2.24. The lowest BCUT2D eigenvalue weighted by Crippen LogP contribution is -2.07. The van der Waals surface area contributed by atoms with Gasteiger partial charge in [-0.15, -0.1) is 0 Å². The zero-order valence-electron chi connectivity index (χ0n) is 24.5. The zero-order chi connectivity index (χ0) is 32.1. The van der Waals surface area contributed by atoms with E-state index in [1.54, 1.807) is 50.2 Å². The van der Waals surface area contributed by atoms with Crippen LogP contribution in [-0.2, 0) is 19.7 Å². The number of aromatic nitrogens is 2. The molecule has 4 aromatic rings. The molecule has 0 aliphatic heterocycles. The molecule has 44 heavy (non-hydrogen) atoms. The molecular formula is C29H30FN7O5S2. The summed E-state index contributed by atoms with van der Waals surface area (Å²) in [6.07, 6.45) is 2.27. The van der Waals surface area contributed by atoms with Gasteiger partial charge in [0.1, 0.15) is 0 Å². The number of hydrogen-bond acceptors (Lipinski definition) is 12.